The van der Waals surface area contributed by atoms with Gasteiger partial charge in [-0.15, -0.1) is 10.2 Å². The Labute approximate surface area is 91.5 Å². The molecule has 2 aromatic heterocycles. The number of ether oxygens (including phenoxy) is 1. The Morgan fingerprint density at radius 2 is 2.33 bits per heavy atom. The minimum absolute atomic E-state index is 0.407. The van der Waals surface area contributed by atoms with E-state index < -0.39 is 5.97 Å². The number of aromatic nitrogens is 3. The predicted octanol–water partition coefficient (Wildman–Crippen LogP) is 0.946. The van der Waals surface area contributed by atoms with Gasteiger partial charge in [0.15, 0.2) is 5.65 Å². The first-order valence-electron chi connectivity index (χ1n) is 4.30. The third-order valence-corrected chi connectivity index (χ3v) is 2.31. The van der Waals surface area contributed by atoms with Gasteiger partial charge in [-0.3, -0.25) is 4.40 Å². The van der Waals surface area contributed by atoms with Crippen LogP contribution in [0.25, 0.3) is 5.65 Å². The summed E-state index contributed by atoms with van der Waals surface area (Å²) >= 11 is 4.12. The molecule has 0 unspecified atom stereocenters. The maximum atomic E-state index is 11.5. The first-order chi connectivity index (χ1) is 7.27. The highest BCUT2D eigenvalue weighted by molar-refractivity contribution is 7.79. The highest BCUT2D eigenvalue weighted by Gasteiger charge is 2.13. The van der Waals surface area contributed by atoms with Crippen LogP contribution >= 0.6 is 12.6 Å². The van der Waals surface area contributed by atoms with E-state index in [1.54, 1.807) is 22.6 Å². The van der Waals surface area contributed by atoms with Crippen LogP contribution in [0.4, 0.5) is 0 Å². The summed E-state index contributed by atoms with van der Waals surface area (Å²) in [6.07, 6.45) is 0. The van der Waals surface area contributed by atoms with Crippen LogP contribution in [0.15, 0.2) is 18.2 Å². The summed E-state index contributed by atoms with van der Waals surface area (Å²) in [7, 11) is 1.34. The van der Waals surface area contributed by atoms with Crippen molar-refractivity contribution < 1.29 is 9.53 Å². The van der Waals surface area contributed by atoms with Crippen LogP contribution in [0.2, 0.25) is 0 Å². The third-order valence-electron chi connectivity index (χ3n) is 2.03. The second kappa shape index (κ2) is 3.90. The predicted molar refractivity (Wildman–Crippen MR) is 57.0 cm³/mol. The molecule has 0 aliphatic rings. The van der Waals surface area contributed by atoms with Gasteiger partial charge in [0.25, 0.3) is 0 Å². The third kappa shape index (κ3) is 1.56. The Kier molecular flexibility index (Phi) is 2.59. The monoisotopic (exact) mass is 223 g/mol. The Morgan fingerprint density at radius 1 is 1.53 bits per heavy atom. The molecule has 0 bridgehead atoms. The van der Waals surface area contributed by atoms with Gasteiger partial charge in [0.05, 0.1) is 12.9 Å². The highest BCUT2D eigenvalue weighted by Crippen LogP contribution is 2.10. The molecular weight excluding hydrogens is 214 g/mol. The Balaban J connectivity index is 2.72. The fraction of sp³-hybridized carbons (Fsp3) is 0.222. The maximum absolute atomic E-state index is 11.5. The number of fused-ring (bicyclic) bond motifs is 1. The smallest absolute Gasteiger partial charge is 0.355 e. The number of carbonyl (C=O) groups excluding carboxylic acids is 1. The summed E-state index contributed by atoms with van der Waals surface area (Å²) < 4.78 is 6.31. The molecule has 0 aliphatic carbocycles. The second-order valence-corrected chi connectivity index (χ2v) is 3.19. The summed E-state index contributed by atoms with van der Waals surface area (Å²) in [5.74, 6) is 0.618. The van der Waals surface area contributed by atoms with E-state index in [0.29, 0.717) is 22.9 Å². The van der Waals surface area contributed by atoms with Crippen molar-refractivity contribution in [3.63, 3.8) is 0 Å². The molecule has 78 valence electrons. The molecule has 0 atom stereocenters. The summed E-state index contributed by atoms with van der Waals surface area (Å²) in [6.45, 7) is 0. The number of methoxy groups -OCH3 is 1. The lowest BCUT2D eigenvalue weighted by atomic mass is 10.3. The van der Waals surface area contributed by atoms with Gasteiger partial charge < -0.3 is 4.74 Å². The van der Waals surface area contributed by atoms with Gasteiger partial charge in [-0.25, -0.2) is 4.79 Å². The topological polar surface area (TPSA) is 56.5 Å². The van der Waals surface area contributed by atoms with Gasteiger partial charge in [-0.1, -0.05) is 6.07 Å². The van der Waals surface area contributed by atoms with Gasteiger partial charge in [0, 0.05) is 0 Å². The first kappa shape index (κ1) is 9.97. The van der Waals surface area contributed by atoms with Gasteiger partial charge in [0.1, 0.15) is 11.5 Å². The van der Waals surface area contributed by atoms with Crippen molar-refractivity contribution in [2.45, 2.75) is 5.75 Å². The Hall–Kier alpha value is -1.56. The number of carbonyl (C=O) groups is 1. The fourth-order valence-electron chi connectivity index (χ4n) is 1.37. The summed E-state index contributed by atoms with van der Waals surface area (Å²) in [5, 5.41) is 7.84. The van der Waals surface area contributed by atoms with Crippen molar-refractivity contribution >= 4 is 24.2 Å². The lowest BCUT2D eigenvalue weighted by Gasteiger charge is -2.03. The largest absolute Gasteiger partial charge is 0.464 e. The Bertz CT molecular complexity index is 509. The van der Waals surface area contributed by atoms with Crippen LogP contribution in [-0.4, -0.2) is 27.7 Å². The first-order valence-corrected chi connectivity index (χ1v) is 4.93. The average molecular weight is 223 g/mol. The molecular formula is C9H9N3O2S. The fourth-order valence-corrected chi connectivity index (χ4v) is 1.57. The van der Waals surface area contributed by atoms with Crippen molar-refractivity contribution in [3.8, 4) is 0 Å². The molecule has 6 heteroatoms. The molecule has 2 rings (SSSR count). The van der Waals surface area contributed by atoms with Crippen LogP contribution in [0.3, 0.4) is 0 Å². The number of nitrogens with zero attached hydrogens (tertiary/aromatic N) is 3. The SMILES string of the molecule is COC(=O)c1cccc2nnc(CS)n12. The number of hydrogen-bond acceptors (Lipinski definition) is 5. The van der Waals surface area contributed by atoms with Gasteiger partial charge in [-0.2, -0.15) is 12.6 Å². The van der Waals surface area contributed by atoms with Gasteiger partial charge in [-0.05, 0) is 12.1 Å². The molecule has 2 aromatic rings. The van der Waals surface area contributed by atoms with E-state index in [2.05, 4.69) is 27.6 Å². The van der Waals surface area contributed by atoms with E-state index >= 15 is 0 Å². The van der Waals surface area contributed by atoms with Crippen LogP contribution in [0.5, 0.6) is 0 Å². The molecule has 15 heavy (non-hydrogen) atoms. The maximum Gasteiger partial charge on any atom is 0.355 e. The number of esters is 1. The average Bonchev–Trinajstić information content (AvgIpc) is 2.70. The van der Waals surface area contributed by atoms with Crippen molar-refractivity contribution in [2.24, 2.45) is 0 Å². The van der Waals surface area contributed by atoms with Gasteiger partial charge >= 0.3 is 5.97 Å². The quantitative estimate of drug-likeness (QED) is 0.608. The molecule has 0 aromatic carbocycles. The molecule has 0 radical (unpaired) electrons. The van der Waals surface area contributed by atoms with E-state index in [9.17, 15) is 4.79 Å². The zero-order chi connectivity index (χ0) is 10.8. The minimum Gasteiger partial charge on any atom is -0.464 e. The Morgan fingerprint density at radius 3 is 3.00 bits per heavy atom. The van der Waals surface area contributed by atoms with Crippen molar-refractivity contribution in [3.05, 3.63) is 29.7 Å². The summed E-state index contributed by atoms with van der Waals surface area (Å²) in [5.41, 5.74) is 1.02. The highest BCUT2D eigenvalue weighted by atomic mass is 32.1. The zero-order valence-electron chi connectivity index (χ0n) is 8.04. The molecule has 0 saturated carbocycles. The normalized spacial score (nSPS) is 10.5. The minimum atomic E-state index is -0.413. The van der Waals surface area contributed by atoms with Crippen LogP contribution in [0.1, 0.15) is 16.3 Å². The standard InChI is InChI=1S/C9H9N3O2S/c1-14-9(13)6-3-2-4-7-10-11-8(5-15)12(6)7/h2-4,15H,5H2,1H3. The number of pyridine rings is 1. The second-order valence-electron chi connectivity index (χ2n) is 2.87. The molecule has 0 N–H and O–H groups in total. The van der Waals surface area contributed by atoms with E-state index in [1.165, 1.54) is 7.11 Å². The molecule has 0 spiro atoms. The lowest BCUT2D eigenvalue weighted by Crippen LogP contribution is -2.09. The summed E-state index contributed by atoms with van der Waals surface area (Å²) in [4.78, 5) is 11.5. The molecule has 0 saturated heterocycles. The van der Waals surface area contributed by atoms with E-state index in [0.717, 1.165) is 0 Å². The van der Waals surface area contributed by atoms with Crippen molar-refractivity contribution in [1.29, 1.82) is 0 Å². The molecule has 0 amide bonds. The molecule has 0 fully saturated rings. The summed E-state index contributed by atoms with van der Waals surface area (Å²) in [6, 6.07) is 5.17. The number of hydrogen-bond donors (Lipinski definition) is 1. The van der Waals surface area contributed by atoms with E-state index in [4.69, 9.17) is 0 Å². The van der Waals surface area contributed by atoms with Crippen molar-refractivity contribution in [2.75, 3.05) is 7.11 Å². The zero-order valence-corrected chi connectivity index (χ0v) is 8.94. The number of thiol groups is 1. The van der Waals surface area contributed by atoms with Crippen molar-refractivity contribution in [1.82, 2.24) is 14.6 Å². The van der Waals surface area contributed by atoms with Crippen LogP contribution in [-0.2, 0) is 10.5 Å². The van der Waals surface area contributed by atoms with Crippen LogP contribution in [0, 0.1) is 0 Å². The molecule has 5 nitrogen and oxygen atoms in total. The molecule has 2 heterocycles. The lowest BCUT2D eigenvalue weighted by molar-refractivity contribution is 0.0592. The van der Waals surface area contributed by atoms with Crippen LogP contribution < -0.4 is 0 Å². The van der Waals surface area contributed by atoms with Gasteiger partial charge in [0.2, 0.25) is 0 Å². The molecule has 0 aliphatic heterocycles. The van der Waals surface area contributed by atoms with E-state index in [-0.39, 0.29) is 0 Å². The number of rotatable bonds is 2. The van der Waals surface area contributed by atoms with E-state index in [1.807, 2.05) is 0 Å².